The largest absolute Gasteiger partial charge is 0.323 e. The minimum atomic E-state index is -0.398. The average molecular weight is 282 g/mol. The summed E-state index contributed by atoms with van der Waals surface area (Å²) in [6.45, 7) is 0. The molecule has 2 N–H and O–H groups in total. The molecule has 1 aromatic carbocycles. The highest BCUT2D eigenvalue weighted by Gasteiger charge is 2.08. The van der Waals surface area contributed by atoms with Gasteiger partial charge < -0.3 is 10.6 Å². The fourth-order valence-electron chi connectivity index (χ4n) is 1.32. The summed E-state index contributed by atoms with van der Waals surface area (Å²) in [5, 5.41) is 5.62. The summed E-state index contributed by atoms with van der Waals surface area (Å²) in [6, 6.07) is 10.2. The van der Waals surface area contributed by atoms with Crippen LogP contribution in [0.25, 0.3) is 0 Å². The fraction of sp³-hybridized carbons (Fsp3) is 0. The second-order valence-corrected chi connectivity index (χ2v) is 4.14. The number of para-hydroxylation sites is 1. The third-order valence-electron chi connectivity index (χ3n) is 2.13. The van der Waals surface area contributed by atoms with E-state index in [1.165, 1.54) is 6.20 Å². The lowest BCUT2D eigenvalue weighted by molar-refractivity contribution is 0.262. The van der Waals surface area contributed by atoms with E-state index in [1.807, 2.05) is 18.2 Å². The molecule has 0 aliphatic rings. The molecule has 0 aliphatic carbocycles. The maximum absolute atomic E-state index is 11.7. The van der Waals surface area contributed by atoms with E-state index < -0.39 is 6.03 Å². The van der Waals surface area contributed by atoms with E-state index in [0.717, 1.165) is 0 Å². The Morgan fingerprint density at radius 3 is 2.50 bits per heavy atom. The van der Waals surface area contributed by atoms with Crippen molar-refractivity contribution >= 4 is 40.6 Å². The third kappa shape index (κ3) is 3.12. The van der Waals surface area contributed by atoms with Crippen molar-refractivity contribution in [3.05, 3.63) is 52.8 Å². The van der Waals surface area contributed by atoms with Crippen molar-refractivity contribution in [2.75, 3.05) is 10.6 Å². The van der Waals surface area contributed by atoms with E-state index in [9.17, 15) is 4.79 Å². The average Bonchev–Trinajstić information content (AvgIpc) is 2.36. The van der Waals surface area contributed by atoms with E-state index in [-0.39, 0.29) is 10.2 Å². The first kappa shape index (κ1) is 12.7. The number of benzene rings is 1. The molecule has 2 aromatic rings. The molecule has 0 atom stereocenters. The lowest BCUT2D eigenvalue weighted by Gasteiger charge is -2.09. The van der Waals surface area contributed by atoms with Gasteiger partial charge in [-0.1, -0.05) is 41.4 Å². The maximum Gasteiger partial charge on any atom is 0.323 e. The van der Waals surface area contributed by atoms with Crippen molar-refractivity contribution in [2.45, 2.75) is 0 Å². The van der Waals surface area contributed by atoms with Crippen molar-refractivity contribution in [3.8, 4) is 0 Å². The van der Waals surface area contributed by atoms with Crippen LogP contribution in [-0.4, -0.2) is 11.0 Å². The van der Waals surface area contributed by atoms with Crippen molar-refractivity contribution in [2.24, 2.45) is 0 Å². The van der Waals surface area contributed by atoms with Gasteiger partial charge in [-0.3, -0.25) is 0 Å². The van der Waals surface area contributed by atoms with Crippen LogP contribution in [0.3, 0.4) is 0 Å². The topological polar surface area (TPSA) is 54.0 Å². The molecule has 0 bridgehead atoms. The Labute approximate surface area is 114 Å². The smallest absolute Gasteiger partial charge is 0.308 e. The van der Waals surface area contributed by atoms with Crippen LogP contribution < -0.4 is 10.6 Å². The minimum Gasteiger partial charge on any atom is -0.308 e. The lowest BCUT2D eigenvalue weighted by atomic mass is 10.3. The van der Waals surface area contributed by atoms with Crippen molar-refractivity contribution < 1.29 is 4.79 Å². The summed E-state index contributed by atoms with van der Waals surface area (Å²) < 4.78 is 0. The summed E-state index contributed by atoms with van der Waals surface area (Å²) >= 11 is 11.6. The van der Waals surface area contributed by atoms with Crippen LogP contribution in [0.5, 0.6) is 0 Å². The van der Waals surface area contributed by atoms with Gasteiger partial charge in [0.25, 0.3) is 0 Å². The molecule has 0 radical (unpaired) electrons. The lowest BCUT2D eigenvalue weighted by Crippen LogP contribution is -2.19. The summed E-state index contributed by atoms with van der Waals surface area (Å²) in [6.07, 6.45) is 1.46. The van der Waals surface area contributed by atoms with E-state index in [2.05, 4.69) is 15.6 Å². The third-order valence-corrected chi connectivity index (χ3v) is 2.89. The highest BCUT2D eigenvalue weighted by Crippen LogP contribution is 2.27. The molecule has 0 saturated heterocycles. The van der Waals surface area contributed by atoms with E-state index in [4.69, 9.17) is 23.2 Å². The maximum atomic E-state index is 11.7. The Bertz CT molecular complexity index is 561. The second kappa shape index (κ2) is 5.71. The second-order valence-electron chi connectivity index (χ2n) is 3.41. The van der Waals surface area contributed by atoms with Gasteiger partial charge in [0.05, 0.1) is 5.69 Å². The van der Waals surface area contributed by atoms with Gasteiger partial charge in [0.2, 0.25) is 0 Å². The number of carbonyl (C=O) groups is 1. The summed E-state index contributed by atoms with van der Waals surface area (Å²) in [7, 11) is 0. The van der Waals surface area contributed by atoms with Gasteiger partial charge in [-0.15, -0.1) is 0 Å². The van der Waals surface area contributed by atoms with Gasteiger partial charge >= 0.3 is 6.03 Å². The standard InChI is InChI=1S/C12H9Cl2N3O/c13-10-9(6-7-15-11(10)14)17-12(18)16-8-4-2-1-3-5-8/h1-7H,(H2,15,16,17,18). The van der Waals surface area contributed by atoms with Gasteiger partial charge in [0, 0.05) is 11.9 Å². The van der Waals surface area contributed by atoms with Crippen molar-refractivity contribution in [1.29, 1.82) is 0 Å². The Hall–Kier alpha value is -1.78. The van der Waals surface area contributed by atoms with Crippen LogP contribution in [0.15, 0.2) is 42.6 Å². The normalized spacial score (nSPS) is 9.89. The number of pyridine rings is 1. The zero-order valence-electron chi connectivity index (χ0n) is 9.15. The molecule has 0 aliphatic heterocycles. The van der Waals surface area contributed by atoms with Crippen LogP contribution in [0.4, 0.5) is 16.2 Å². The molecule has 0 spiro atoms. The molecule has 1 heterocycles. The van der Waals surface area contributed by atoms with Gasteiger partial charge in [-0.05, 0) is 18.2 Å². The Morgan fingerprint density at radius 2 is 1.78 bits per heavy atom. The predicted molar refractivity (Wildman–Crippen MR) is 73.3 cm³/mol. The fourth-order valence-corrected chi connectivity index (χ4v) is 1.64. The number of amides is 2. The highest BCUT2D eigenvalue weighted by atomic mass is 35.5. The molecule has 18 heavy (non-hydrogen) atoms. The van der Waals surface area contributed by atoms with Crippen LogP contribution in [0.1, 0.15) is 0 Å². The Kier molecular flexibility index (Phi) is 4.02. The molecular weight excluding hydrogens is 273 g/mol. The number of hydrogen-bond donors (Lipinski definition) is 2. The minimum absolute atomic E-state index is 0.147. The molecule has 2 rings (SSSR count). The molecule has 2 amide bonds. The van der Waals surface area contributed by atoms with Crippen molar-refractivity contribution in [1.82, 2.24) is 4.98 Å². The summed E-state index contributed by atoms with van der Waals surface area (Å²) in [5.74, 6) is 0. The predicted octanol–water partition coefficient (Wildman–Crippen LogP) is 4.03. The van der Waals surface area contributed by atoms with Crippen LogP contribution >= 0.6 is 23.2 Å². The van der Waals surface area contributed by atoms with E-state index >= 15 is 0 Å². The number of nitrogens with one attached hydrogen (secondary N) is 2. The quantitative estimate of drug-likeness (QED) is 0.817. The molecule has 0 saturated carbocycles. The molecule has 4 nitrogen and oxygen atoms in total. The Balaban J connectivity index is 2.06. The van der Waals surface area contributed by atoms with Gasteiger partial charge in [-0.2, -0.15) is 0 Å². The SMILES string of the molecule is O=C(Nc1ccccc1)Nc1ccnc(Cl)c1Cl. The Morgan fingerprint density at radius 1 is 1.06 bits per heavy atom. The summed E-state index contributed by atoms with van der Waals surface area (Å²) in [4.78, 5) is 15.5. The number of hydrogen-bond acceptors (Lipinski definition) is 2. The molecule has 92 valence electrons. The highest BCUT2D eigenvalue weighted by molar-refractivity contribution is 6.43. The zero-order valence-corrected chi connectivity index (χ0v) is 10.7. The molecule has 0 fully saturated rings. The first-order chi connectivity index (χ1) is 8.66. The van der Waals surface area contributed by atoms with Gasteiger partial charge in [-0.25, -0.2) is 9.78 Å². The molecule has 0 unspecified atom stereocenters. The first-order valence-electron chi connectivity index (χ1n) is 5.10. The number of urea groups is 1. The first-order valence-corrected chi connectivity index (χ1v) is 5.85. The molecule has 6 heteroatoms. The number of anilines is 2. The molecule has 1 aromatic heterocycles. The summed E-state index contributed by atoms with van der Waals surface area (Å²) in [5.41, 5.74) is 1.09. The van der Waals surface area contributed by atoms with Crippen LogP contribution in [0, 0.1) is 0 Å². The van der Waals surface area contributed by atoms with Gasteiger partial charge in [0.1, 0.15) is 10.2 Å². The van der Waals surface area contributed by atoms with Crippen LogP contribution in [-0.2, 0) is 0 Å². The van der Waals surface area contributed by atoms with E-state index in [1.54, 1.807) is 18.2 Å². The number of carbonyl (C=O) groups excluding carboxylic acids is 1. The number of rotatable bonds is 2. The van der Waals surface area contributed by atoms with Gasteiger partial charge in [0.15, 0.2) is 0 Å². The molecular formula is C12H9Cl2N3O. The number of nitrogens with zero attached hydrogens (tertiary/aromatic N) is 1. The number of aromatic nitrogens is 1. The zero-order chi connectivity index (χ0) is 13.0. The van der Waals surface area contributed by atoms with Crippen molar-refractivity contribution in [3.63, 3.8) is 0 Å². The van der Waals surface area contributed by atoms with Crippen LogP contribution in [0.2, 0.25) is 10.2 Å². The monoisotopic (exact) mass is 281 g/mol. The van der Waals surface area contributed by atoms with E-state index in [0.29, 0.717) is 11.4 Å². The number of halogens is 2.